The van der Waals surface area contributed by atoms with E-state index >= 15 is 0 Å². The van der Waals surface area contributed by atoms with Crippen LogP contribution in [0.25, 0.3) is 10.2 Å². The maximum absolute atomic E-state index is 11.8. The first kappa shape index (κ1) is 14.7. The summed E-state index contributed by atoms with van der Waals surface area (Å²) in [5.41, 5.74) is 0.766. The van der Waals surface area contributed by atoms with Crippen LogP contribution in [0.1, 0.15) is 6.92 Å². The minimum Gasteiger partial charge on any atom is -0.348 e. The van der Waals surface area contributed by atoms with E-state index in [2.05, 4.69) is 4.98 Å². The highest BCUT2D eigenvalue weighted by atomic mass is 32.2. The van der Waals surface area contributed by atoms with Gasteiger partial charge in [0.05, 0.1) is 20.4 Å². The molecule has 2 aromatic rings. The second-order valence-corrected chi connectivity index (χ2v) is 7.00. The predicted octanol–water partition coefficient (Wildman–Crippen LogP) is 2.77. The Kier molecular flexibility index (Phi) is 4.24. The van der Waals surface area contributed by atoms with Crippen molar-refractivity contribution in [2.75, 3.05) is 14.1 Å². The Morgan fingerprint density at radius 3 is 2.80 bits per heavy atom. The lowest BCUT2D eigenvalue weighted by molar-refractivity contribution is -0.384. The van der Waals surface area contributed by atoms with Crippen molar-refractivity contribution in [3.05, 3.63) is 28.3 Å². The van der Waals surface area contributed by atoms with Crippen molar-refractivity contribution in [3.63, 3.8) is 0 Å². The summed E-state index contributed by atoms with van der Waals surface area (Å²) in [6.07, 6.45) is 0. The van der Waals surface area contributed by atoms with E-state index < -0.39 is 4.92 Å². The quantitative estimate of drug-likeness (QED) is 0.493. The lowest BCUT2D eigenvalue weighted by Crippen LogP contribution is -2.29. The summed E-state index contributed by atoms with van der Waals surface area (Å²) in [5.74, 6) is 0.0141. The molecule has 0 N–H and O–H groups in total. The number of thiazole rings is 1. The summed E-state index contributed by atoms with van der Waals surface area (Å²) in [7, 11) is 3.42. The van der Waals surface area contributed by atoms with Crippen molar-refractivity contribution in [2.45, 2.75) is 16.5 Å². The van der Waals surface area contributed by atoms with Gasteiger partial charge in [0, 0.05) is 26.2 Å². The van der Waals surface area contributed by atoms with Gasteiger partial charge in [-0.2, -0.15) is 0 Å². The van der Waals surface area contributed by atoms with Crippen LogP contribution in [0, 0.1) is 10.1 Å². The molecule has 1 atom stereocenters. The van der Waals surface area contributed by atoms with Crippen LogP contribution in [-0.4, -0.2) is 40.1 Å². The molecule has 1 aromatic carbocycles. The lowest BCUT2D eigenvalue weighted by Gasteiger charge is -2.14. The number of nitro benzene ring substituents is 1. The molecule has 0 spiro atoms. The Labute approximate surface area is 123 Å². The van der Waals surface area contributed by atoms with Crippen LogP contribution in [0.2, 0.25) is 0 Å². The molecule has 106 valence electrons. The van der Waals surface area contributed by atoms with Crippen LogP contribution in [0.5, 0.6) is 0 Å². The van der Waals surface area contributed by atoms with E-state index in [4.69, 9.17) is 0 Å². The second kappa shape index (κ2) is 5.76. The van der Waals surface area contributed by atoms with Gasteiger partial charge >= 0.3 is 0 Å². The molecule has 20 heavy (non-hydrogen) atoms. The smallest absolute Gasteiger partial charge is 0.270 e. The first-order valence-corrected chi connectivity index (χ1v) is 7.51. The van der Waals surface area contributed by atoms with E-state index in [1.165, 1.54) is 40.1 Å². The van der Waals surface area contributed by atoms with Crippen LogP contribution in [0.4, 0.5) is 5.69 Å². The molecule has 0 radical (unpaired) electrons. The third-order valence-corrected chi connectivity index (χ3v) is 4.83. The van der Waals surface area contributed by atoms with Crippen LogP contribution in [-0.2, 0) is 4.79 Å². The fourth-order valence-electron chi connectivity index (χ4n) is 1.62. The largest absolute Gasteiger partial charge is 0.348 e. The Balaban J connectivity index is 2.24. The Morgan fingerprint density at radius 1 is 1.50 bits per heavy atom. The highest BCUT2D eigenvalue weighted by Crippen LogP contribution is 2.34. The molecule has 8 heteroatoms. The normalized spacial score (nSPS) is 12.3. The van der Waals surface area contributed by atoms with Crippen molar-refractivity contribution in [3.8, 4) is 0 Å². The van der Waals surface area contributed by atoms with E-state index in [0.717, 1.165) is 9.04 Å². The first-order chi connectivity index (χ1) is 9.38. The molecular formula is C12H13N3O3S2. The molecule has 1 amide bonds. The van der Waals surface area contributed by atoms with Gasteiger partial charge in [-0.15, -0.1) is 11.3 Å². The Bertz CT molecular complexity index is 669. The number of thioether (sulfide) groups is 1. The van der Waals surface area contributed by atoms with Crippen molar-refractivity contribution in [1.82, 2.24) is 9.88 Å². The maximum atomic E-state index is 11.8. The van der Waals surface area contributed by atoms with Gasteiger partial charge in [0.2, 0.25) is 5.91 Å². The number of carbonyl (C=O) groups excluding carboxylic acids is 1. The molecule has 1 heterocycles. The summed E-state index contributed by atoms with van der Waals surface area (Å²) in [5, 5.41) is 10.5. The Morgan fingerprint density at radius 2 is 2.20 bits per heavy atom. The third kappa shape index (κ3) is 3.07. The highest BCUT2D eigenvalue weighted by molar-refractivity contribution is 8.02. The van der Waals surface area contributed by atoms with Gasteiger partial charge in [-0.1, -0.05) is 11.8 Å². The number of hydrogen-bond donors (Lipinski definition) is 0. The fourth-order valence-corrected chi connectivity index (χ4v) is 4.01. The number of hydrogen-bond acceptors (Lipinski definition) is 6. The second-order valence-electron chi connectivity index (χ2n) is 4.38. The van der Waals surface area contributed by atoms with Gasteiger partial charge in [-0.3, -0.25) is 14.9 Å². The molecule has 0 aliphatic heterocycles. The molecular weight excluding hydrogens is 298 g/mol. The molecule has 0 saturated carbocycles. The average Bonchev–Trinajstić information content (AvgIpc) is 2.78. The summed E-state index contributed by atoms with van der Waals surface area (Å²) >= 11 is 2.73. The SMILES string of the molecule is C[C@@H](Sc1nc2ccc([N+](=O)[O-])cc2s1)C(=O)N(C)C. The number of rotatable bonds is 4. The zero-order chi connectivity index (χ0) is 14.9. The standard InChI is InChI=1S/C12H13N3O3S2/c1-7(11(16)14(2)3)19-12-13-9-5-4-8(15(17)18)6-10(9)20-12/h4-7H,1-3H3/t7-/m1/s1. The molecule has 0 saturated heterocycles. The number of aromatic nitrogens is 1. The van der Waals surface area contributed by atoms with Crippen LogP contribution in [0.3, 0.4) is 0 Å². The number of amides is 1. The van der Waals surface area contributed by atoms with E-state index in [0.29, 0.717) is 5.52 Å². The number of fused-ring (bicyclic) bond motifs is 1. The number of nitro groups is 1. The summed E-state index contributed by atoms with van der Waals surface area (Å²) < 4.78 is 1.49. The molecule has 0 aliphatic rings. The summed E-state index contributed by atoms with van der Waals surface area (Å²) in [6.45, 7) is 1.82. The van der Waals surface area contributed by atoms with Crippen molar-refractivity contribution < 1.29 is 9.72 Å². The van der Waals surface area contributed by atoms with E-state index in [1.807, 2.05) is 6.92 Å². The van der Waals surface area contributed by atoms with Gasteiger partial charge in [-0.25, -0.2) is 4.98 Å². The van der Waals surface area contributed by atoms with E-state index in [-0.39, 0.29) is 16.8 Å². The topological polar surface area (TPSA) is 76.3 Å². The van der Waals surface area contributed by atoms with Crippen LogP contribution < -0.4 is 0 Å². The summed E-state index contributed by atoms with van der Waals surface area (Å²) in [4.78, 5) is 28.0. The van der Waals surface area contributed by atoms with Gasteiger partial charge in [0.1, 0.15) is 0 Å². The Hall–Kier alpha value is -1.67. The third-order valence-electron chi connectivity index (χ3n) is 2.63. The van der Waals surface area contributed by atoms with Crippen molar-refractivity contribution in [2.24, 2.45) is 0 Å². The lowest BCUT2D eigenvalue weighted by atomic mass is 10.3. The maximum Gasteiger partial charge on any atom is 0.270 e. The molecule has 1 aromatic heterocycles. The number of non-ortho nitro benzene ring substituents is 1. The molecule has 0 aliphatic carbocycles. The van der Waals surface area contributed by atoms with Gasteiger partial charge < -0.3 is 4.90 Å². The monoisotopic (exact) mass is 311 g/mol. The first-order valence-electron chi connectivity index (χ1n) is 5.81. The number of benzene rings is 1. The minimum absolute atomic E-state index is 0.0141. The summed E-state index contributed by atoms with van der Waals surface area (Å²) in [6, 6.07) is 4.58. The van der Waals surface area contributed by atoms with Gasteiger partial charge in [0.15, 0.2) is 4.34 Å². The van der Waals surface area contributed by atoms with Crippen LogP contribution in [0.15, 0.2) is 22.5 Å². The molecule has 6 nitrogen and oxygen atoms in total. The number of carbonyl (C=O) groups is 1. The number of nitrogens with zero attached hydrogens (tertiary/aromatic N) is 3. The predicted molar refractivity (Wildman–Crippen MR) is 80.3 cm³/mol. The molecule has 0 bridgehead atoms. The van der Waals surface area contributed by atoms with E-state index in [1.54, 1.807) is 20.2 Å². The van der Waals surface area contributed by atoms with Gasteiger partial charge in [0.25, 0.3) is 5.69 Å². The van der Waals surface area contributed by atoms with Crippen molar-refractivity contribution in [1.29, 1.82) is 0 Å². The molecule has 0 unspecified atom stereocenters. The average molecular weight is 311 g/mol. The zero-order valence-electron chi connectivity index (χ0n) is 11.2. The molecule has 0 fully saturated rings. The van der Waals surface area contributed by atoms with E-state index in [9.17, 15) is 14.9 Å². The molecule has 2 rings (SSSR count). The minimum atomic E-state index is -0.426. The zero-order valence-corrected chi connectivity index (χ0v) is 12.8. The fraction of sp³-hybridized carbons (Fsp3) is 0.333. The van der Waals surface area contributed by atoms with Crippen LogP contribution >= 0.6 is 23.1 Å². The van der Waals surface area contributed by atoms with Gasteiger partial charge in [-0.05, 0) is 13.0 Å². The van der Waals surface area contributed by atoms with Crippen molar-refractivity contribution >= 4 is 44.9 Å². The highest BCUT2D eigenvalue weighted by Gasteiger charge is 2.19.